The molecule has 0 saturated carbocycles. The number of amides is 1. The highest BCUT2D eigenvalue weighted by molar-refractivity contribution is 6.30. The number of aryl methyl sites for hydroxylation is 2. The number of halogens is 4. The van der Waals surface area contributed by atoms with Gasteiger partial charge in [0.1, 0.15) is 0 Å². The van der Waals surface area contributed by atoms with Crippen LogP contribution in [0.2, 0.25) is 5.02 Å². The molecule has 1 amide bonds. The Labute approximate surface area is 203 Å². The van der Waals surface area contributed by atoms with E-state index in [0.717, 1.165) is 11.8 Å². The monoisotopic (exact) mass is 503 g/mol. The van der Waals surface area contributed by atoms with E-state index in [1.165, 1.54) is 22.9 Å². The topological polar surface area (TPSA) is 81.8 Å². The SMILES string of the molecule is Cc1nn(CCCC(=O)NCc2ccccc2C(F)(F)F)c(=O)c2nn(-c3ccc(Cl)cc3)cc12. The molecule has 0 atom stereocenters. The zero-order valence-electron chi connectivity index (χ0n) is 18.6. The number of hydrogen-bond donors (Lipinski definition) is 1. The van der Waals surface area contributed by atoms with Crippen LogP contribution in [0.5, 0.6) is 0 Å². The zero-order valence-corrected chi connectivity index (χ0v) is 19.4. The minimum absolute atomic E-state index is 0.0106. The molecule has 0 aliphatic carbocycles. The number of nitrogens with one attached hydrogen (secondary N) is 1. The van der Waals surface area contributed by atoms with Crippen LogP contribution in [0.25, 0.3) is 16.6 Å². The van der Waals surface area contributed by atoms with Crippen molar-refractivity contribution in [3.8, 4) is 5.69 Å². The van der Waals surface area contributed by atoms with Crippen molar-refractivity contribution < 1.29 is 18.0 Å². The Morgan fingerprint density at radius 2 is 1.80 bits per heavy atom. The molecule has 11 heteroatoms. The number of alkyl halides is 3. The van der Waals surface area contributed by atoms with Crippen LogP contribution in [0.15, 0.2) is 59.5 Å². The van der Waals surface area contributed by atoms with E-state index < -0.39 is 23.2 Å². The summed E-state index contributed by atoms with van der Waals surface area (Å²) < 4.78 is 42.1. The second-order valence-electron chi connectivity index (χ2n) is 7.96. The van der Waals surface area contributed by atoms with Crippen LogP contribution < -0.4 is 10.9 Å². The molecule has 0 spiro atoms. The van der Waals surface area contributed by atoms with E-state index in [-0.39, 0.29) is 37.0 Å². The van der Waals surface area contributed by atoms with Crippen molar-refractivity contribution in [2.45, 2.75) is 39.0 Å². The van der Waals surface area contributed by atoms with Gasteiger partial charge < -0.3 is 5.32 Å². The first kappa shape index (κ1) is 24.5. The van der Waals surface area contributed by atoms with Gasteiger partial charge in [0.2, 0.25) is 5.91 Å². The lowest BCUT2D eigenvalue weighted by atomic mass is 10.1. The average molecular weight is 504 g/mol. The van der Waals surface area contributed by atoms with Gasteiger partial charge in [-0.2, -0.15) is 23.4 Å². The number of hydrogen-bond acceptors (Lipinski definition) is 4. The molecule has 0 aliphatic rings. The Bertz CT molecular complexity index is 1430. The van der Waals surface area contributed by atoms with Crippen LogP contribution in [0.4, 0.5) is 13.2 Å². The van der Waals surface area contributed by atoms with Crippen LogP contribution in [0, 0.1) is 6.92 Å². The van der Waals surface area contributed by atoms with Gasteiger partial charge in [0, 0.05) is 36.1 Å². The lowest BCUT2D eigenvalue weighted by Gasteiger charge is -2.13. The van der Waals surface area contributed by atoms with E-state index >= 15 is 0 Å². The van der Waals surface area contributed by atoms with E-state index in [4.69, 9.17) is 11.6 Å². The summed E-state index contributed by atoms with van der Waals surface area (Å²) in [5.74, 6) is -0.417. The maximum atomic E-state index is 13.1. The van der Waals surface area contributed by atoms with Crippen LogP contribution in [-0.4, -0.2) is 25.5 Å². The van der Waals surface area contributed by atoms with Gasteiger partial charge in [0.25, 0.3) is 5.56 Å². The molecule has 4 aromatic rings. The van der Waals surface area contributed by atoms with Crippen LogP contribution in [-0.2, 0) is 24.1 Å². The fourth-order valence-electron chi connectivity index (χ4n) is 3.70. The molecule has 7 nitrogen and oxygen atoms in total. The van der Waals surface area contributed by atoms with Crippen LogP contribution in [0.3, 0.4) is 0 Å². The minimum Gasteiger partial charge on any atom is -0.352 e. The van der Waals surface area contributed by atoms with Crippen molar-refractivity contribution >= 4 is 28.4 Å². The summed E-state index contributed by atoms with van der Waals surface area (Å²) >= 11 is 5.93. The van der Waals surface area contributed by atoms with E-state index in [1.54, 1.807) is 42.1 Å². The summed E-state index contributed by atoms with van der Waals surface area (Å²) in [5, 5.41) is 12.4. The fourth-order valence-corrected chi connectivity index (χ4v) is 3.83. The number of carbonyl (C=O) groups excluding carboxylic acids is 1. The summed E-state index contributed by atoms with van der Waals surface area (Å²) in [6, 6.07) is 12.1. The molecule has 0 saturated heterocycles. The van der Waals surface area contributed by atoms with Gasteiger partial charge in [0.05, 0.1) is 16.9 Å². The number of benzene rings is 2. The molecular formula is C24H21ClF3N5O2. The predicted octanol–water partition coefficient (Wildman–Crippen LogP) is 4.66. The largest absolute Gasteiger partial charge is 0.416 e. The van der Waals surface area contributed by atoms with E-state index in [2.05, 4.69) is 15.5 Å². The van der Waals surface area contributed by atoms with Crippen LogP contribution >= 0.6 is 11.6 Å². The van der Waals surface area contributed by atoms with E-state index in [9.17, 15) is 22.8 Å². The first-order chi connectivity index (χ1) is 16.6. The molecule has 4 rings (SSSR count). The summed E-state index contributed by atoms with van der Waals surface area (Å²) in [5.41, 5.74) is 0.410. The van der Waals surface area contributed by atoms with Gasteiger partial charge in [-0.3, -0.25) is 9.59 Å². The van der Waals surface area contributed by atoms with Crippen molar-refractivity contribution in [2.75, 3.05) is 0 Å². The third-order valence-corrected chi connectivity index (χ3v) is 5.73. The average Bonchev–Trinajstić information content (AvgIpc) is 3.27. The molecule has 182 valence electrons. The summed E-state index contributed by atoms with van der Waals surface area (Å²) in [4.78, 5) is 25.1. The first-order valence-corrected chi connectivity index (χ1v) is 11.2. The molecular weight excluding hydrogens is 483 g/mol. The molecule has 0 fully saturated rings. The molecule has 0 unspecified atom stereocenters. The summed E-state index contributed by atoms with van der Waals surface area (Å²) in [7, 11) is 0. The Hall–Kier alpha value is -3.66. The fraction of sp³-hybridized carbons (Fsp3) is 0.250. The Morgan fingerprint density at radius 1 is 1.09 bits per heavy atom. The smallest absolute Gasteiger partial charge is 0.352 e. The van der Waals surface area contributed by atoms with E-state index in [0.29, 0.717) is 16.1 Å². The van der Waals surface area contributed by atoms with Gasteiger partial charge in [0.15, 0.2) is 5.52 Å². The standard InChI is InChI=1S/C24H21ClF3N5O2/c1-15-19-14-33(18-10-8-17(25)9-11-18)31-22(19)23(35)32(30-15)12-4-7-21(34)29-13-16-5-2-3-6-20(16)24(26,27)28/h2-3,5-6,8-11,14H,4,7,12-13H2,1H3,(H,29,34). The van der Waals surface area contributed by atoms with Crippen molar-refractivity contribution in [2.24, 2.45) is 0 Å². The van der Waals surface area contributed by atoms with Gasteiger partial charge in [-0.05, 0) is 49.2 Å². The molecule has 0 radical (unpaired) electrons. The summed E-state index contributed by atoms with van der Waals surface area (Å²) in [6.45, 7) is 1.69. The molecule has 2 aromatic carbocycles. The van der Waals surface area contributed by atoms with Crippen molar-refractivity contribution in [3.63, 3.8) is 0 Å². The molecule has 0 bridgehead atoms. The predicted molar refractivity (Wildman–Crippen MR) is 125 cm³/mol. The van der Waals surface area contributed by atoms with Crippen molar-refractivity contribution in [1.82, 2.24) is 24.9 Å². The lowest BCUT2D eigenvalue weighted by molar-refractivity contribution is -0.138. The highest BCUT2D eigenvalue weighted by Crippen LogP contribution is 2.31. The maximum Gasteiger partial charge on any atom is 0.416 e. The number of fused-ring (bicyclic) bond motifs is 1. The number of rotatable bonds is 7. The first-order valence-electron chi connectivity index (χ1n) is 10.8. The highest BCUT2D eigenvalue weighted by Gasteiger charge is 2.32. The number of aromatic nitrogens is 4. The van der Waals surface area contributed by atoms with Crippen LogP contribution in [0.1, 0.15) is 29.7 Å². The third-order valence-electron chi connectivity index (χ3n) is 5.48. The number of nitrogens with zero attached hydrogens (tertiary/aromatic N) is 4. The molecule has 0 aliphatic heterocycles. The molecule has 35 heavy (non-hydrogen) atoms. The maximum absolute atomic E-state index is 13.1. The van der Waals surface area contributed by atoms with Gasteiger partial charge in [-0.1, -0.05) is 29.8 Å². The van der Waals surface area contributed by atoms with Crippen molar-refractivity contribution in [1.29, 1.82) is 0 Å². The Morgan fingerprint density at radius 3 is 2.51 bits per heavy atom. The minimum atomic E-state index is -4.49. The van der Waals surface area contributed by atoms with Gasteiger partial charge in [-0.25, -0.2) is 9.36 Å². The van der Waals surface area contributed by atoms with E-state index in [1.807, 2.05) is 0 Å². The second kappa shape index (κ2) is 9.91. The zero-order chi connectivity index (χ0) is 25.2. The quantitative estimate of drug-likeness (QED) is 0.398. The molecule has 2 heterocycles. The highest BCUT2D eigenvalue weighted by atomic mass is 35.5. The third kappa shape index (κ3) is 5.54. The Kier molecular flexibility index (Phi) is 6.93. The van der Waals surface area contributed by atoms with Gasteiger partial charge >= 0.3 is 6.18 Å². The normalized spacial score (nSPS) is 11.7. The Balaban J connectivity index is 1.41. The van der Waals surface area contributed by atoms with Crippen molar-refractivity contribution in [3.05, 3.63) is 86.9 Å². The molecule has 2 aromatic heterocycles. The molecule has 1 N–H and O–H groups in total. The number of carbonyl (C=O) groups is 1. The summed E-state index contributed by atoms with van der Waals surface area (Å²) in [6.07, 6.45) is -2.47. The second-order valence-corrected chi connectivity index (χ2v) is 8.40. The lowest BCUT2D eigenvalue weighted by Crippen LogP contribution is -2.27. The van der Waals surface area contributed by atoms with Gasteiger partial charge in [-0.15, -0.1) is 0 Å².